The van der Waals surface area contributed by atoms with Gasteiger partial charge in [0.1, 0.15) is 0 Å². The van der Waals surface area contributed by atoms with Crippen LogP contribution in [0.1, 0.15) is 36.2 Å². The Hall–Kier alpha value is -1.89. The van der Waals surface area contributed by atoms with Gasteiger partial charge in [0.2, 0.25) is 5.91 Å². The minimum atomic E-state index is -3.69. The summed E-state index contributed by atoms with van der Waals surface area (Å²) in [5, 5.41) is 11.6. The van der Waals surface area contributed by atoms with Gasteiger partial charge in [-0.1, -0.05) is 6.07 Å². The number of carbonyl (C=O) groups excluding carboxylic acids is 1. The Labute approximate surface area is 124 Å². The maximum atomic E-state index is 12.1. The molecule has 0 bridgehead atoms. The Morgan fingerprint density at radius 1 is 1.29 bits per heavy atom. The number of aryl methyl sites for hydroxylation is 1. The van der Waals surface area contributed by atoms with Gasteiger partial charge in [0.05, 0.1) is 16.2 Å². The summed E-state index contributed by atoms with van der Waals surface area (Å²) in [6.45, 7) is 5.16. The van der Waals surface area contributed by atoms with Gasteiger partial charge in [-0.15, -0.1) is 0 Å². The first kappa shape index (κ1) is 17.2. The molecule has 0 saturated carbocycles. The fourth-order valence-corrected chi connectivity index (χ4v) is 3.03. The molecule has 0 saturated heterocycles. The third-order valence-electron chi connectivity index (χ3n) is 2.85. The van der Waals surface area contributed by atoms with Crippen molar-refractivity contribution in [2.75, 3.05) is 5.75 Å². The Kier molecular flexibility index (Phi) is 5.48. The van der Waals surface area contributed by atoms with Crippen LogP contribution < -0.4 is 5.32 Å². The van der Waals surface area contributed by atoms with Gasteiger partial charge in [0, 0.05) is 12.5 Å². The maximum absolute atomic E-state index is 12.1. The van der Waals surface area contributed by atoms with Gasteiger partial charge in [-0.2, -0.15) is 0 Å². The first-order valence-corrected chi connectivity index (χ1v) is 8.15. The van der Waals surface area contributed by atoms with Crippen LogP contribution in [0, 0.1) is 6.92 Å². The van der Waals surface area contributed by atoms with E-state index in [1.165, 1.54) is 12.1 Å². The van der Waals surface area contributed by atoms with E-state index in [1.807, 2.05) is 0 Å². The van der Waals surface area contributed by atoms with Gasteiger partial charge in [-0.05, 0) is 38.5 Å². The molecule has 0 aromatic heterocycles. The monoisotopic (exact) mass is 313 g/mol. The number of benzene rings is 1. The second-order valence-corrected chi connectivity index (χ2v) is 7.18. The zero-order valence-corrected chi connectivity index (χ0v) is 13.0. The molecule has 2 N–H and O–H groups in total. The van der Waals surface area contributed by atoms with E-state index in [2.05, 4.69) is 5.32 Å². The predicted molar refractivity (Wildman–Crippen MR) is 78.1 cm³/mol. The maximum Gasteiger partial charge on any atom is 0.335 e. The number of rotatable bonds is 6. The summed E-state index contributed by atoms with van der Waals surface area (Å²) < 4.78 is 24.3. The second-order valence-electron chi connectivity index (χ2n) is 5.07. The molecule has 0 heterocycles. The first-order chi connectivity index (χ1) is 9.63. The molecule has 6 nitrogen and oxygen atoms in total. The number of carboxylic acids is 1. The van der Waals surface area contributed by atoms with Crippen molar-refractivity contribution in [1.82, 2.24) is 5.32 Å². The fourth-order valence-electron chi connectivity index (χ4n) is 1.76. The van der Waals surface area contributed by atoms with Crippen LogP contribution in [0.25, 0.3) is 0 Å². The molecule has 0 spiro atoms. The number of hydrogen-bond donors (Lipinski definition) is 2. The van der Waals surface area contributed by atoms with Crippen LogP contribution in [0.4, 0.5) is 0 Å². The largest absolute Gasteiger partial charge is 0.478 e. The van der Waals surface area contributed by atoms with E-state index in [9.17, 15) is 18.0 Å². The average Bonchev–Trinajstić information content (AvgIpc) is 2.35. The summed E-state index contributed by atoms with van der Waals surface area (Å²) in [5.41, 5.74) is 0.432. The zero-order valence-electron chi connectivity index (χ0n) is 12.2. The van der Waals surface area contributed by atoms with Crippen molar-refractivity contribution >= 4 is 21.7 Å². The van der Waals surface area contributed by atoms with Crippen LogP contribution >= 0.6 is 0 Å². The van der Waals surface area contributed by atoms with E-state index in [0.29, 0.717) is 5.56 Å². The lowest BCUT2D eigenvalue weighted by Gasteiger charge is -2.09. The van der Waals surface area contributed by atoms with Crippen LogP contribution in [-0.4, -0.2) is 37.2 Å². The molecule has 0 aliphatic carbocycles. The van der Waals surface area contributed by atoms with E-state index >= 15 is 0 Å². The zero-order chi connectivity index (χ0) is 16.2. The number of aromatic carboxylic acids is 1. The molecule has 116 valence electrons. The predicted octanol–water partition coefficient (Wildman–Crippen LogP) is 1.38. The lowest BCUT2D eigenvalue weighted by molar-refractivity contribution is -0.121. The van der Waals surface area contributed by atoms with E-state index < -0.39 is 15.8 Å². The van der Waals surface area contributed by atoms with Gasteiger partial charge in [0.15, 0.2) is 9.84 Å². The lowest BCUT2D eigenvalue weighted by atomic mass is 10.1. The van der Waals surface area contributed by atoms with Crippen molar-refractivity contribution in [2.45, 2.75) is 38.1 Å². The summed E-state index contributed by atoms with van der Waals surface area (Å²) in [4.78, 5) is 22.4. The van der Waals surface area contributed by atoms with Crippen molar-refractivity contribution in [3.8, 4) is 0 Å². The van der Waals surface area contributed by atoms with E-state index in [4.69, 9.17) is 5.11 Å². The molecule has 0 aliphatic rings. The van der Waals surface area contributed by atoms with Gasteiger partial charge in [-0.25, -0.2) is 13.2 Å². The molecular weight excluding hydrogens is 294 g/mol. The molecule has 1 amide bonds. The fraction of sp³-hybridized carbons (Fsp3) is 0.429. The first-order valence-electron chi connectivity index (χ1n) is 6.49. The van der Waals surface area contributed by atoms with Gasteiger partial charge in [-0.3, -0.25) is 4.79 Å². The van der Waals surface area contributed by atoms with Crippen LogP contribution in [0.3, 0.4) is 0 Å². The smallest absolute Gasteiger partial charge is 0.335 e. The highest BCUT2D eigenvalue weighted by Crippen LogP contribution is 2.17. The number of carbonyl (C=O) groups is 2. The molecule has 0 unspecified atom stereocenters. The molecule has 0 aliphatic heterocycles. The molecule has 7 heteroatoms. The van der Waals surface area contributed by atoms with Crippen LogP contribution in [0.5, 0.6) is 0 Å². The summed E-state index contributed by atoms with van der Waals surface area (Å²) in [5.74, 6) is -1.88. The van der Waals surface area contributed by atoms with Crippen LogP contribution in [0.2, 0.25) is 0 Å². The number of carboxylic acid groups (broad SMARTS) is 1. The van der Waals surface area contributed by atoms with Crippen molar-refractivity contribution in [1.29, 1.82) is 0 Å². The SMILES string of the molecule is Cc1ccc(S(=O)(=O)CCC(=O)NC(C)C)cc1C(=O)O. The molecule has 0 atom stereocenters. The number of nitrogens with one attached hydrogen (secondary N) is 1. The average molecular weight is 313 g/mol. The van der Waals surface area contributed by atoms with Crippen molar-refractivity contribution < 1.29 is 23.1 Å². The second kappa shape index (κ2) is 6.71. The number of hydrogen-bond acceptors (Lipinski definition) is 4. The van der Waals surface area contributed by atoms with Crippen LogP contribution in [0.15, 0.2) is 23.1 Å². The minimum absolute atomic E-state index is 0.0530. The van der Waals surface area contributed by atoms with E-state index in [0.717, 1.165) is 6.07 Å². The highest BCUT2D eigenvalue weighted by Gasteiger charge is 2.19. The highest BCUT2D eigenvalue weighted by molar-refractivity contribution is 7.91. The van der Waals surface area contributed by atoms with Crippen LogP contribution in [-0.2, 0) is 14.6 Å². The van der Waals surface area contributed by atoms with Crippen molar-refractivity contribution in [3.05, 3.63) is 29.3 Å². The molecule has 21 heavy (non-hydrogen) atoms. The summed E-state index contributed by atoms with van der Waals surface area (Å²) >= 11 is 0. The summed E-state index contributed by atoms with van der Waals surface area (Å²) in [6.07, 6.45) is -0.156. The third kappa shape index (κ3) is 4.86. The summed E-state index contributed by atoms with van der Waals surface area (Å²) in [7, 11) is -3.69. The molecule has 0 fully saturated rings. The molecule has 0 radical (unpaired) electrons. The highest BCUT2D eigenvalue weighted by atomic mass is 32.2. The van der Waals surface area contributed by atoms with E-state index in [-0.39, 0.29) is 34.6 Å². The molecule has 1 rings (SSSR count). The minimum Gasteiger partial charge on any atom is -0.478 e. The third-order valence-corrected chi connectivity index (χ3v) is 4.56. The Morgan fingerprint density at radius 3 is 2.43 bits per heavy atom. The Morgan fingerprint density at radius 2 is 1.90 bits per heavy atom. The summed E-state index contributed by atoms with van der Waals surface area (Å²) in [6, 6.07) is 3.88. The normalized spacial score (nSPS) is 11.4. The quantitative estimate of drug-likeness (QED) is 0.826. The number of amides is 1. The van der Waals surface area contributed by atoms with Crippen molar-refractivity contribution in [2.24, 2.45) is 0 Å². The Bertz CT molecular complexity index is 649. The van der Waals surface area contributed by atoms with Crippen molar-refractivity contribution in [3.63, 3.8) is 0 Å². The topological polar surface area (TPSA) is 101 Å². The Balaban J connectivity index is 2.91. The number of sulfone groups is 1. The van der Waals surface area contributed by atoms with Gasteiger partial charge < -0.3 is 10.4 Å². The standard InChI is InChI=1S/C14H19NO5S/c1-9(2)15-13(16)6-7-21(19,20)11-5-4-10(3)12(8-11)14(17)18/h4-5,8-9H,6-7H2,1-3H3,(H,15,16)(H,17,18). The van der Waals surface area contributed by atoms with Gasteiger partial charge >= 0.3 is 5.97 Å². The molecule has 1 aromatic rings. The molecule has 1 aromatic carbocycles. The molecular formula is C14H19NO5S. The lowest BCUT2D eigenvalue weighted by Crippen LogP contribution is -2.31. The van der Waals surface area contributed by atoms with Gasteiger partial charge in [0.25, 0.3) is 0 Å². The van der Waals surface area contributed by atoms with E-state index in [1.54, 1.807) is 20.8 Å².